The lowest BCUT2D eigenvalue weighted by Gasteiger charge is -2.33. The fraction of sp³-hybridized carbons (Fsp3) is 0.778. The fourth-order valence-electron chi connectivity index (χ4n) is 0.920. The van der Waals surface area contributed by atoms with Gasteiger partial charge in [0.15, 0.2) is 0 Å². The van der Waals surface area contributed by atoms with Crippen molar-refractivity contribution in [2.75, 3.05) is 18.5 Å². The first-order chi connectivity index (χ1) is 6.51. The summed E-state index contributed by atoms with van der Waals surface area (Å²) in [6, 6.07) is 0. The van der Waals surface area contributed by atoms with Crippen molar-refractivity contribution in [2.45, 2.75) is 32.7 Å². The molecule has 14 heavy (non-hydrogen) atoms. The fourth-order valence-corrected chi connectivity index (χ4v) is 1.79. The van der Waals surface area contributed by atoms with Gasteiger partial charge in [-0.25, -0.2) is 4.98 Å². The summed E-state index contributed by atoms with van der Waals surface area (Å²) in [5, 5.41) is 0.942. The van der Waals surface area contributed by atoms with Gasteiger partial charge in [0, 0.05) is 37.1 Å². The molecule has 2 N–H and O–H groups in total. The molecule has 5 heteroatoms. The summed E-state index contributed by atoms with van der Waals surface area (Å²) in [4.78, 5) is 6.51. The minimum Gasteiger partial charge on any atom is -0.344 e. The zero-order chi connectivity index (χ0) is 10.8. The van der Waals surface area contributed by atoms with Crippen molar-refractivity contribution < 1.29 is 0 Å². The molecule has 0 radical (unpaired) electrons. The summed E-state index contributed by atoms with van der Waals surface area (Å²) in [6.07, 6.45) is 0.882. The van der Waals surface area contributed by atoms with Crippen LogP contribution < -0.4 is 10.6 Å². The molecule has 0 aromatic carbocycles. The SMILES string of the molecule is CCc1nsc(N(C)C(C)(C)CN)n1. The van der Waals surface area contributed by atoms with Crippen LogP contribution in [0.4, 0.5) is 5.13 Å². The predicted molar refractivity (Wildman–Crippen MR) is 60.8 cm³/mol. The van der Waals surface area contributed by atoms with Gasteiger partial charge in [0.05, 0.1) is 0 Å². The average Bonchev–Trinajstić information content (AvgIpc) is 2.64. The van der Waals surface area contributed by atoms with Crippen LogP contribution in [0.1, 0.15) is 26.6 Å². The molecule has 0 saturated carbocycles. The lowest BCUT2D eigenvalue weighted by Crippen LogP contribution is -2.47. The van der Waals surface area contributed by atoms with E-state index in [4.69, 9.17) is 5.73 Å². The van der Waals surface area contributed by atoms with Crippen molar-refractivity contribution in [1.82, 2.24) is 9.36 Å². The number of aromatic nitrogens is 2. The number of nitrogens with zero attached hydrogens (tertiary/aromatic N) is 3. The van der Waals surface area contributed by atoms with Crippen LogP contribution in [0, 0.1) is 0 Å². The number of nitrogens with two attached hydrogens (primary N) is 1. The Morgan fingerprint density at radius 3 is 2.57 bits per heavy atom. The monoisotopic (exact) mass is 214 g/mol. The number of hydrogen-bond acceptors (Lipinski definition) is 5. The molecule has 0 saturated heterocycles. The molecule has 0 aliphatic heterocycles. The van der Waals surface area contributed by atoms with Gasteiger partial charge in [0.1, 0.15) is 5.82 Å². The van der Waals surface area contributed by atoms with Gasteiger partial charge >= 0.3 is 0 Å². The minimum atomic E-state index is -0.0649. The van der Waals surface area contributed by atoms with E-state index in [9.17, 15) is 0 Å². The lowest BCUT2D eigenvalue weighted by molar-refractivity contribution is 0.497. The van der Waals surface area contributed by atoms with Crippen molar-refractivity contribution >= 4 is 16.7 Å². The molecule has 0 fully saturated rings. The summed E-state index contributed by atoms with van der Waals surface area (Å²) < 4.78 is 4.25. The van der Waals surface area contributed by atoms with Crippen LogP contribution in [0.25, 0.3) is 0 Å². The van der Waals surface area contributed by atoms with E-state index in [1.54, 1.807) is 0 Å². The number of rotatable bonds is 4. The highest BCUT2D eigenvalue weighted by Crippen LogP contribution is 2.23. The van der Waals surface area contributed by atoms with E-state index in [1.807, 2.05) is 7.05 Å². The van der Waals surface area contributed by atoms with Crippen LogP contribution in [-0.4, -0.2) is 28.5 Å². The molecule has 0 aliphatic rings. The van der Waals surface area contributed by atoms with Gasteiger partial charge in [0.25, 0.3) is 0 Å². The molecule has 4 nitrogen and oxygen atoms in total. The van der Waals surface area contributed by atoms with Crippen LogP contribution in [0.3, 0.4) is 0 Å². The minimum absolute atomic E-state index is 0.0649. The van der Waals surface area contributed by atoms with Crippen LogP contribution in [-0.2, 0) is 6.42 Å². The van der Waals surface area contributed by atoms with Crippen LogP contribution in [0.2, 0.25) is 0 Å². The van der Waals surface area contributed by atoms with Gasteiger partial charge in [-0.1, -0.05) is 6.92 Å². The average molecular weight is 214 g/mol. The third-order valence-corrected chi connectivity index (χ3v) is 3.30. The van der Waals surface area contributed by atoms with Crippen LogP contribution in [0.15, 0.2) is 0 Å². The zero-order valence-electron chi connectivity index (χ0n) is 9.24. The molecule has 0 bridgehead atoms. The molecule has 80 valence electrons. The predicted octanol–water partition coefficient (Wildman–Crippen LogP) is 1.27. The number of hydrogen-bond donors (Lipinski definition) is 1. The van der Waals surface area contributed by atoms with E-state index in [0.717, 1.165) is 17.4 Å². The van der Waals surface area contributed by atoms with Gasteiger partial charge in [-0.05, 0) is 13.8 Å². The van der Waals surface area contributed by atoms with Gasteiger partial charge in [-0.2, -0.15) is 4.37 Å². The Bertz CT molecular complexity index is 295. The van der Waals surface area contributed by atoms with E-state index in [2.05, 4.69) is 35.0 Å². The molecule has 0 amide bonds. The largest absolute Gasteiger partial charge is 0.344 e. The second kappa shape index (κ2) is 4.23. The molecule has 0 atom stereocenters. The first-order valence-corrected chi connectivity index (χ1v) is 5.55. The smallest absolute Gasteiger partial charge is 0.205 e. The topological polar surface area (TPSA) is 55.0 Å². The molecule has 0 unspecified atom stereocenters. The van der Waals surface area contributed by atoms with Crippen molar-refractivity contribution in [2.24, 2.45) is 5.73 Å². The second-order valence-electron chi connectivity index (χ2n) is 3.92. The van der Waals surface area contributed by atoms with Crippen LogP contribution in [0.5, 0.6) is 0 Å². The second-order valence-corrected chi connectivity index (χ2v) is 4.65. The van der Waals surface area contributed by atoms with Gasteiger partial charge in [-0.15, -0.1) is 0 Å². The molecule has 1 aromatic rings. The van der Waals surface area contributed by atoms with Crippen molar-refractivity contribution in [3.05, 3.63) is 5.82 Å². The molecule has 1 aromatic heterocycles. The molecule has 0 spiro atoms. The van der Waals surface area contributed by atoms with Crippen molar-refractivity contribution in [3.8, 4) is 0 Å². The molecule has 1 heterocycles. The van der Waals surface area contributed by atoms with Gasteiger partial charge in [0.2, 0.25) is 5.13 Å². The van der Waals surface area contributed by atoms with Crippen molar-refractivity contribution in [3.63, 3.8) is 0 Å². The van der Waals surface area contributed by atoms with E-state index in [0.29, 0.717) is 6.54 Å². The summed E-state index contributed by atoms with van der Waals surface area (Å²) in [5.41, 5.74) is 5.63. The van der Waals surface area contributed by atoms with E-state index in [-0.39, 0.29) is 5.54 Å². The highest BCUT2D eigenvalue weighted by atomic mass is 32.1. The Morgan fingerprint density at radius 2 is 2.14 bits per heavy atom. The van der Waals surface area contributed by atoms with E-state index in [1.165, 1.54) is 11.5 Å². The first-order valence-electron chi connectivity index (χ1n) is 4.77. The normalized spacial score (nSPS) is 11.8. The first kappa shape index (κ1) is 11.4. The van der Waals surface area contributed by atoms with Gasteiger partial charge in [-0.3, -0.25) is 0 Å². The Balaban J connectivity index is 2.83. The molecular weight excluding hydrogens is 196 g/mol. The summed E-state index contributed by atoms with van der Waals surface area (Å²) in [6.45, 7) is 6.85. The van der Waals surface area contributed by atoms with Crippen molar-refractivity contribution in [1.29, 1.82) is 0 Å². The maximum absolute atomic E-state index is 5.70. The maximum Gasteiger partial charge on any atom is 0.205 e. The highest BCUT2D eigenvalue weighted by Gasteiger charge is 2.24. The third kappa shape index (κ3) is 2.22. The standard InChI is InChI=1S/C9H18N4S/c1-5-7-11-8(14-12-7)13(4)9(2,3)6-10/h5-6,10H2,1-4H3. The summed E-state index contributed by atoms with van der Waals surface area (Å²) in [5.74, 6) is 0.907. The van der Waals surface area contributed by atoms with Crippen LogP contribution >= 0.6 is 11.5 Å². The summed E-state index contributed by atoms with van der Waals surface area (Å²) >= 11 is 1.43. The lowest BCUT2D eigenvalue weighted by atomic mass is 10.1. The zero-order valence-corrected chi connectivity index (χ0v) is 10.1. The number of aryl methyl sites for hydroxylation is 1. The number of likely N-dealkylation sites (N-methyl/N-ethyl adjacent to an activating group) is 1. The highest BCUT2D eigenvalue weighted by molar-refractivity contribution is 7.09. The van der Waals surface area contributed by atoms with Gasteiger partial charge < -0.3 is 10.6 Å². The third-order valence-electron chi connectivity index (χ3n) is 2.47. The number of anilines is 1. The van der Waals surface area contributed by atoms with E-state index >= 15 is 0 Å². The maximum atomic E-state index is 5.70. The molecule has 1 rings (SSSR count). The quantitative estimate of drug-likeness (QED) is 0.820. The molecular formula is C9H18N4S. The Kier molecular flexibility index (Phi) is 3.44. The summed E-state index contributed by atoms with van der Waals surface area (Å²) in [7, 11) is 2.01. The Morgan fingerprint density at radius 1 is 1.50 bits per heavy atom. The Hall–Kier alpha value is -0.680. The molecule has 0 aliphatic carbocycles. The Labute approximate surface area is 89.3 Å². The van der Waals surface area contributed by atoms with E-state index < -0.39 is 0 Å².